The molecule has 2 rings (SSSR count). The predicted octanol–water partition coefficient (Wildman–Crippen LogP) is 2.31. The third kappa shape index (κ3) is 2.47. The van der Waals surface area contributed by atoms with Crippen LogP contribution in [0.4, 0.5) is 4.39 Å². The van der Waals surface area contributed by atoms with Crippen molar-refractivity contribution < 1.29 is 9.50 Å². The van der Waals surface area contributed by atoms with Crippen LogP contribution in [-0.2, 0) is 0 Å². The molecule has 0 saturated carbocycles. The number of halogens is 1. The van der Waals surface area contributed by atoms with Gasteiger partial charge in [-0.1, -0.05) is 0 Å². The van der Waals surface area contributed by atoms with Crippen molar-refractivity contribution in [2.24, 2.45) is 0 Å². The highest BCUT2D eigenvalue weighted by atomic mass is 19.1. The van der Waals surface area contributed by atoms with E-state index >= 15 is 0 Å². The molecule has 0 aliphatic heterocycles. The zero-order chi connectivity index (χ0) is 12.4. The van der Waals surface area contributed by atoms with E-state index in [0.29, 0.717) is 5.56 Å². The summed E-state index contributed by atoms with van der Waals surface area (Å²) in [6.45, 7) is 3.68. The van der Waals surface area contributed by atoms with E-state index in [1.807, 2.05) is 13.8 Å². The molecule has 0 aromatic carbocycles. The largest absolute Gasteiger partial charge is 0.384 e. The van der Waals surface area contributed by atoms with Crippen molar-refractivity contribution in [3.63, 3.8) is 0 Å². The van der Waals surface area contributed by atoms with Crippen molar-refractivity contribution in [3.8, 4) is 0 Å². The number of hydrogen-bond donors (Lipinski definition) is 1. The molecule has 4 heteroatoms. The normalized spacial score (nSPS) is 12.5. The van der Waals surface area contributed by atoms with Crippen molar-refractivity contribution in [2.75, 3.05) is 0 Å². The van der Waals surface area contributed by atoms with Crippen LogP contribution in [0.15, 0.2) is 30.6 Å². The van der Waals surface area contributed by atoms with Gasteiger partial charge in [0.1, 0.15) is 11.9 Å². The fourth-order valence-electron chi connectivity index (χ4n) is 1.81. The second kappa shape index (κ2) is 4.59. The molecule has 0 saturated heterocycles. The Morgan fingerprint density at radius 1 is 1.24 bits per heavy atom. The minimum absolute atomic E-state index is 0.227. The summed E-state index contributed by atoms with van der Waals surface area (Å²) in [6, 6.07) is 4.97. The number of aliphatic hydroxyl groups is 1. The smallest absolute Gasteiger partial charge is 0.147 e. The highest BCUT2D eigenvalue weighted by Gasteiger charge is 2.15. The molecule has 0 spiro atoms. The molecule has 2 aromatic heterocycles. The van der Waals surface area contributed by atoms with Gasteiger partial charge < -0.3 is 5.11 Å². The average molecular weight is 232 g/mol. The van der Waals surface area contributed by atoms with Crippen molar-refractivity contribution in [2.45, 2.75) is 20.0 Å². The van der Waals surface area contributed by atoms with Crippen molar-refractivity contribution in [3.05, 3.63) is 58.9 Å². The number of aliphatic hydroxyl groups excluding tert-OH is 1. The number of rotatable bonds is 2. The predicted molar refractivity (Wildman–Crippen MR) is 62.0 cm³/mol. The van der Waals surface area contributed by atoms with Crippen LogP contribution in [0.5, 0.6) is 0 Å². The van der Waals surface area contributed by atoms with Gasteiger partial charge in [-0.3, -0.25) is 9.97 Å². The second-order valence-corrected chi connectivity index (χ2v) is 3.98. The molecule has 0 fully saturated rings. The summed E-state index contributed by atoms with van der Waals surface area (Å²) in [7, 11) is 0. The van der Waals surface area contributed by atoms with Gasteiger partial charge in [-0.2, -0.15) is 0 Å². The molecule has 2 heterocycles. The second-order valence-electron chi connectivity index (χ2n) is 3.98. The van der Waals surface area contributed by atoms with E-state index < -0.39 is 11.9 Å². The minimum Gasteiger partial charge on any atom is -0.384 e. The lowest BCUT2D eigenvalue weighted by molar-refractivity contribution is 0.214. The first-order valence-corrected chi connectivity index (χ1v) is 5.30. The van der Waals surface area contributed by atoms with Gasteiger partial charge in [0.05, 0.1) is 6.20 Å². The van der Waals surface area contributed by atoms with Crippen molar-refractivity contribution >= 4 is 0 Å². The van der Waals surface area contributed by atoms with E-state index in [9.17, 15) is 9.50 Å². The van der Waals surface area contributed by atoms with Crippen molar-refractivity contribution in [1.82, 2.24) is 9.97 Å². The highest BCUT2D eigenvalue weighted by Crippen LogP contribution is 2.24. The minimum atomic E-state index is -0.988. The topological polar surface area (TPSA) is 46.0 Å². The third-order valence-corrected chi connectivity index (χ3v) is 2.52. The highest BCUT2D eigenvalue weighted by molar-refractivity contribution is 5.31. The Balaban J connectivity index is 2.43. The molecular formula is C13H13FN2O. The molecule has 0 aliphatic rings. The Morgan fingerprint density at radius 2 is 1.88 bits per heavy atom. The van der Waals surface area contributed by atoms with E-state index in [0.717, 1.165) is 17.6 Å². The van der Waals surface area contributed by atoms with Gasteiger partial charge in [-0.15, -0.1) is 0 Å². The van der Waals surface area contributed by atoms with Crippen molar-refractivity contribution in [1.29, 1.82) is 0 Å². The maximum absolute atomic E-state index is 13.5. The number of hydrogen-bond acceptors (Lipinski definition) is 3. The van der Waals surface area contributed by atoms with Crippen LogP contribution in [0.3, 0.4) is 0 Å². The van der Waals surface area contributed by atoms with E-state index in [2.05, 4.69) is 9.97 Å². The molecule has 1 N–H and O–H groups in total. The molecule has 0 amide bonds. The zero-order valence-electron chi connectivity index (χ0n) is 9.68. The molecule has 0 aliphatic carbocycles. The van der Waals surface area contributed by atoms with Crippen LogP contribution in [0.1, 0.15) is 28.6 Å². The molecule has 1 atom stereocenters. The quantitative estimate of drug-likeness (QED) is 0.864. The zero-order valence-corrected chi connectivity index (χ0v) is 9.68. The molecule has 17 heavy (non-hydrogen) atoms. The van der Waals surface area contributed by atoms with E-state index in [4.69, 9.17) is 0 Å². The van der Waals surface area contributed by atoms with Crippen LogP contribution in [-0.4, -0.2) is 15.1 Å². The lowest BCUT2D eigenvalue weighted by atomic mass is 10.0. The Bertz CT molecular complexity index is 522. The molecular weight excluding hydrogens is 219 g/mol. The lowest BCUT2D eigenvalue weighted by Gasteiger charge is -2.13. The summed E-state index contributed by atoms with van der Waals surface area (Å²) in [5.74, 6) is -0.507. The number of pyridine rings is 2. The molecule has 1 unspecified atom stereocenters. The molecule has 0 radical (unpaired) electrons. The molecule has 88 valence electrons. The van der Waals surface area contributed by atoms with Gasteiger partial charge in [-0.25, -0.2) is 4.39 Å². The fourth-order valence-corrected chi connectivity index (χ4v) is 1.81. The molecule has 0 bridgehead atoms. The van der Waals surface area contributed by atoms with E-state index in [1.54, 1.807) is 12.1 Å². The summed E-state index contributed by atoms with van der Waals surface area (Å²) in [4.78, 5) is 7.87. The Hall–Kier alpha value is -1.81. The summed E-state index contributed by atoms with van der Waals surface area (Å²) in [5.41, 5.74) is 2.46. The first-order chi connectivity index (χ1) is 8.08. The van der Waals surface area contributed by atoms with Gasteiger partial charge in [-0.05, 0) is 37.6 Å². The SMILES string of the molecule is Cc1cc(C(O)c2ccncc2F)cc(C)n1. The Labute approximate surface area is 99.0 Å². The number of nitrogens with zero attached hydrogens (tertiary/aromatic N) is 2. The van der Waals surface area contributed by atoms with Crippen LogP contribution >= 0.6 is 0 Å². The van der Waals surface area contributed by atoms with E-state index in [-0.39, 0.29) is 5.56 Å². The van der Waals surface area contributed by atoms with Crippen LogP contribution < -0.4 is 0 Å². The molecule has 2 aromatic rings. The van der Waals surface area contributed by atoms with E-state index in [1.165, 1.54) is 12.3 Å². The Kier molecular flexibility index (Phi) is 3.15. The summed E-state index contributed by atoms with van der Waals surface area (Å²) >= 11 is 0. The first kappa shape index (κ1) is 11.7. The number of aromatic nitrogens is 2. The van der Waals surface area contributed by atoms with Gasteiger partial charge >= 0.3 is 0 Å². The van der Waals surface area contributed by atoms with Crippen LogP contribution in [0.25, 0.3) is 0 Å². The maximum atomic E-state index is 13.5. The van der Waals surface area contributed by atoms with Gasteiger partial charge in [0.15, 0.2) is 0 Å². The molecule has 3 nitrogen and oxygen atoms in total. The van der Waals surface area contributed by atoms with Gasteiger partial charge in [0, 0.05) is 23.1 Å². The summed E-state index contributed by atoms with van der Waals surface area (Å²) in [5, 5.41) is 10.1. The fraction of sp³-hybridized carbons (Fsp3) is 0.231. The van der Waals surface area contributed by atoms with Gasteiger partial charge in [0.2, 0.25) is 0 Å². The third-order valence-electron chi connectivity index (χ3n) is 2.52. The van der Waals surface area contributed by atoms with Gasteiger partial charge in [0.25, 0.3) is 0 Å². The Morgan fingerprint density at radius 3 is 2.47 bits per heavy atom. The standard InChI is InChI=1S/C13H13FN2O/c1-8-5-10(6-9(2)16-8)13(17)11-3-4-15-7-12(11)14/h3-7,13,17H,1-2H3. The lowest BCUT2D eigenvalue weighted by Crippen LogP contribution is -2.04. The van der Waals surface area contributed by atoms with Crippen LogP contribution in [0, 0.1) is 19.7 Å². The number of aryl methyl sites for hydroxylation is 2. The average Bonchev–Trinajstić information content (AvgIpc) is 2.27. The maximum Gasteiger partial charge on any atom is 0.147 e. The summed E-state index contributed by atoms with van der Waals surface area (Å²) in [6.07, 6.45) is 1.57. The first-order valence-electron chi connectivity index (χ1n) is 5.30. The van der Waals surface area contributed by atoms with Crippen LogP contribution in [0.2, 0.25) is 0 Å². The monoisotopic (exact) mass is 232 g/mol. The summed E-state index contributed by atoms with van der Waals surface area (Å²) < 4.78 is 13.5.